The molecule has 0 saturated carbocycles. The number of H-pyrrole nitrogens is 1. The lowest BCUT2D eigenvalue weighted by atomic mass is 10.3. The first-order valence-electron chi connectivity index (χ1n) is 3.62. The molecule has 2 N–H and O–H groups in total. The van der Waals surface area contributed by atoms with Crippen LogP contribution in [-0.4, -0.2) is 25.0 Å². The fourth-order valence-corrected chi connectivity index (χ4v) is 1.43. The Morgan fingerprint density at radius 1 is 1.64 bits per heavy atom. The summed E-state index contributed by atoms with van der Waals surface area (Å²) >= 11 is 3.97. The Kier molecular flexibility index (Phi) is 1.81. The van der Waals surface area contributed by atoms with Crippen LogP contribution in [0.1, 0.15) is 10.4 Å². The van der Waals surface area contributed by atoms with Crippen LogP contribution in [0.3, 0.4) is 0 Å². The lowest BCUT2D eigenvalue weighted by Crippen LogP contribution is -2.06. The van der Waals surface area contributed by atoms with Crippen LogP contribution in [-0.2, 0) is 0 Å². The van der Waals surface area contributed by atoms with Gasteiger partial charge in [0.25, 0.3) is 5.56 Å². The van der Waals surface area contributed by atoms with Gasteiger partial charge in [-0.2, -0.15) is 0 Å². The molecule has 0 atom stereocenters. The molecule has 0 amide bonds. The molecule has 6 nitrogen and oxygen atoms in total. The number of aromatic nitrogens is 3. The minimum atomic E-state index is -1.13. The number of aromatic carboxylic acids is 1. The van der Waals surface area contributed by atoms with Gasteiger partial charge >= 0.3 is 5.97 Å². The molecule has 0 unspecified atom stereocenters. The number of hydrogen-bond donors (Lipinski definition) is 3. The number of fused-ring (bicyclic) bond motifs is 1. The maximum Gasteiger partial charge on any atom is 0.339 e. The number of carboxylic acids is 1. The third kappa shape index (κ3) is 1.18. The number of thiol groups is 1. The van der Waals surface area contributed by atoms with Crippen LogP contribution in [0.15, 0.2) is 17.2 Å². The largest absolute Gasteiger partial charge is 0.478 e. The molecule has 0 aromatic carbocycles. The van der Waals surface area contributed by atoms with Gasteiger partial charge in [-0.25, -0.2) is 9.78 Å². The highest BCUT2D eigenvalue weighted by atomic mass is 32.1. The molecule has 0 aliphatic rings. The topological polar surface area (TPSA) is 88.0 Å². The molecule has 72 valence electrons. The molecule has 14 heavy (non-hydrogen) atoms. The van der Waals surface area contributed by atoms with E-state index >= 15 is 0 Å². The van der Waals surface area contributed by atoms with E-state index in [0.717, 1.165) is 6.20 Å². The van der Waals surface area contributed by atoms with E-state index in [-0.39, 0.29) is 11.1 Å². The fraction of sp³-hybridized carbons (Fsp3) is 0. The van der Waals surface area contributed by atoms with Gasteiger partial charge in [-0.1, -0.05) is 12.8 Å². The van der Waals surface area contributed by atoms with E-state index in [1.165, 1.54) is 10.2 Å². The molecule has 0 saturated heterocycles. The molecule has 7 heteroatoms. The van der Waals surface area contributed by atoms with E-state index in [1.807, 2.05) is 0 Å². The molecular weight excluding hydrogens is 206 g/mol. The molecular formula is C7H5N3O3S. The Balaban J connectivity index is 2.92. The number of carboxylic acid groups (broad SMARTS) is 1. The molecule has 0 aliphatic carbocycles. The first kappa shape index (κ1) is 8.82. The molecule has 0 aliphatic heterocycles. The Labute approximate surface area is 82.7 Å². The number of nitrogens with zero attached hydrogens (tertiary/aromatic N) is 2. The number of carbonyl (C=O) groups is 1. The van der Waals surface area contributed by atoms with Crippen LogP contribution in [0.2, 0.25) is 0 Å². The molecule has 0 bridgehead atoms. The minimum absolute atomic E-state index is 0.0276. The van der Waals surface area contributed by atoms with Gasteiger partial charge in [0, 0.05) is 6.20 Å². The van der Waals surface area contributed by atoms with E-state index in [0.29, 0.717) is 5.65 Å². The van der Waals surface area contributed by atoms with Gasteiger partial charge in [0.05, 0.1) is 6.20 Å². The van der Waals surface area contributed by atoms with Crippen molar-refractivity contribution >= 4 is 29.9 Å². The van der Waals surface area contributed by atoms with Crippen molar-refractivity contribution in [1.82, 2.24) is 13.9 Å². The average Bonchev–Trinajstić information content (AvgIpc) is 2.43. The summed E-state index contributed by atoms with van der Waals surface area (Å²) in [7, 11) is 0. The normalized spacial score (nSPS) is 10.6. The Bertz CT molecular complexity index is 571. The lowest BCUT2D eigenvalue weighted by Gasteiger charge is -1.91. The monoisotopic (exact) mass is 211 g/mol. The third-order valence-electron chi connectivity index (χ3n) is 1.74. The summed E-state index contributed by atoms with van der Waals surface area (Å²) in [6, 6.07) is 0. The minimum Gasteiger partial charge on any atom is -0.478 e. The first-order valence-corrected chi connectivity index (χ1v) is 4.02. The number of aromatic amines is 1. The van der Waals surface area contributed by atoms with Gasteiger partial charge in [0.2, 0.25) is 0 Å². The van der Waals surface area contributed by atoms with E-state index in [9.17, 15) is 9.59 Å². The van der Waals surface area contributed by atoms with Crippen molar-refractivity contribution in [2.75, 3.05) is 0 Å². The SMILES string of the molecule is O=C(O)c1cn(S)c2ncc(=O)[nH]c12. The maximum absolute atomic E-state index is 10.9. The van der Waals surface area contributed by atoms with Crippen molar-refractivity contribution in [2.24, 2.45) is 0 Å². The number of rotatable bonds is 1. The van der Waals surface area contributed by atoms with E-state index in [1.54, 1.807) is 0 Å². The van der Waals surface area contributed by atoms with Crippen LogP contribution < -0.4 is 5.56 Å². The van der Waals surface area contributed by atoms with Crippen molar-refractivity contribution in [3.05, 3.63) is 28.3 Å². The summed E-state index contributed by atoms with van der Waals surface area (Å²) in [4.78, 5) is 27.8. The summed E-state index contributed by atoms with van der Waals surface area (Å²) in [5, 5.41) is 8.79. The van der Waals surface area contributed by atoms with Crippen LogP contribution in [0.25, 0.3) is 11.2 Å². The third-order valence-corrected chi connectivity index (χ3v) is 2.05. The summed E-state index contributed by atoms with van der Waals surface area (Å²) in [6.45, 7) is 0. The van der Waals surface area contributed by atoms with Gasteiger partial charge < -0.3 is 10.1 Å². The molecule has 0 fully saturated rings. The summed E-state index contributed by atoms with van der Waals surface area (Å²) in [5.74, 6) is -1.13. The standard InChI is InChI=1S/C7H5N3O3S/c11-4-1-8-6-5(9-4)3(7(12)13)2-10(6)14/h1-2,14H,(H,9,11)(H,12,13). The van der Waals surface area contributed by atoms with Gasteiger partial charge in [0.1, 0.15) is 11.1 Å². The van der Waals surface area contributed by atoms with Crippen molar-refractivity contribution in [3.8, 4) is 0 Å². The summed E-state index contributed by atoms with van der Waals surface area (Å²) in [6.07, 6.45) is 2.35. The fourth-order valence-electron chi connectivity index (χ4n) is 1.17. The zero-order valence-electron chi connectivity index (χ0n) is 6.76. The van der Waals surface area contributed by atoms with Crippen LogP contribution in [0.4, 0.5) is 0 Å². The first-order chi connectivity index (χ1) is 6.59. The Hall–Kier alpha value is -1.76. The molecule has 0 radical (unpaired) electrons. The zero-order valence-corrected chi connectivity index (χ0v) is 7.65. The van der Waals surface area contributed by atoms with E-state index in [4.69, 9.17) is 5.11 Å². The molecule has 2 rings (SSSR count). The molecule has 2 aromatic rings. The van der Waals surface area contributed by atoms with Gasteiger partial charge in [-0.05, 0) is 0 Å². The molecule has 0 spiro atoms. The van der Waals surface area contributed by atoms with E-state index in [2.05, 4.69) is 22.8 Å². The van der Waals surface area contributed by atoms with Crippen molar-refractivity contribution in [3.63, 3.8) is 0 Å². The zero-order chi connectivity index (χ0) is 10.3. The molecule has 2 aromatic heterocycles. The van der Waals surface area contributed by atoms with Crippen molar-refractivity contribution in [1.29, 1.82) is 0 Å². The highest BCUT2D eigenvalue weighted by molar-refractivity contribution is 7.78. The predicted molar refractivity (Wildman–Crippen MR) is 51.7 cm³/mol. The van der Waals surface area contributed by atoms with E-state index < -0.39 is 11.5 Å². The van der Waals surface area contributed by atoms with Gasteiger partial charge in [-0.15, -0.1) is 0 Å². The predicted octanol–water partition coefficient (Wildman–Crippen LogP) is 0.116. The highest BCUT2D eigenvalue weighted by Crippen LogP contribution is 2.16. The van der Waals surface area contributed by atoms with Crippen LogP contribution >= 0.6 is 12.8 Å². The Morgan fingerprint density at radius 3 is 3.00 bits per heavy atom. The van der Waals surface area contributed by atoms with Crippen LogP contribution in [0.5, 0.6) is 0 Å². The molecule has 2 heterocycles. The smallest absolute Gasteiger partial charge is 0.339 e. The number of hydrogen-bond acceptors (Lipinski definition) is 4. The number of nitrogens with one attached hydrogen (secondary N) is 1. The highest BCUT2D eigenvalue weighted by Gasteiger charge is 2.14. The van der Waals surface area contributed by atoms with Gasteiger partial charge in [0.15, 0.2) is 5.65 Å². The lowest BCUT2D eigenvalue weighted by molar-refractivity contribution is 0.0699. The maximum atomic E-state index is 10.9. The average molecular weight is 211 g/mol. The second-order valence-electron chi connectivity index (χ2n) is 2.64. The van der Waals surface area contributed by atoms with Crippen LogP contribution in [0, 0.1) is 0 Å². The van der Waals surface area contributed by atoms with Gasteiger partial charge in [-0.3, -0.25) is 8.77 Å². The second kappa shape index (κ2) is 2.88. The van der Waals surface area contributed by atoms with Crippen molar-refractivity contribution < 1.29 is 9.90 Å². The quantitative estimate of drug-likeness (QED) is 0.584. The van der Waals surface area contributed by atoms with Crippen molar-refractivity contribution in [2.45, 2.75) is 0 Å². The second-order valence-corrected chi connectivity index (χ2v) is 3.07. The Morgan fingerprint density at radius 2 is 2.36 bits per heavy atom. The summed E-state index contributed by atoms with van der Waals surface area (Å²) in [5.41, 5.74) is 0.0186. The summed E-state index contributed by atoms with van der Waals surface area (Å²) < 4.78 is 1.24.